The van der Waals surface area contributed by atoms with Crippen molar-refractivity contribution in [3.05, 3.63) is 29.3 Å². The van der Waals surface area contributed by atoms with Crippen molar-refractivity contribution >= 4 is 17.5 Å². The van der Waals surface area contributed by atoms with Gasteiger partial charge < -0.3 is 16.4 Å². The van der Waals surface area contributed by atoms with Crippen LogP contribution in [0.15, 0.2) is 18.2 Å². The molecule has 0 aliphatic heterocycles. The minimum atomic E-state index is -0.123. The van der Waals surface area contributed by atoms with Crippen LogP contribution in [0.4, 0.5) is 5.69 Å². The normalized spacial score (nSPS) is 11.8. The van der Waals surface area contributed by atoms with Gasteiger partial charge in [0.1, 0.15) is 0 Å². The summed E-state index contributed by atoms with van der Waals surface area (Å²) in [6.45, 7) is 6.67. The van der Waals surface area contributed by atoms with Gasteiger partial charge in [0, 0.05) is 23.7 Å². The summed E-state index contributed by atoms with van der Waals surface area (Å²) in [7, 11) is 0. The lowest BCUT2D eigenvalue weighted by Gasteiger charge is -2.13. The summed E-state index contributed by atoms with van der Waals surface area (Å²) >= 11 is 0. The van der Waals surface area contributed by atoms with E-state index in [1.54, 1.807) is 18.2 Å². The summed E-state index contributed by atoms with van der Waals surface area (Å²) in [5.74, 6) is -0.281. The molecular formula is C15H23N3O2. The van der Waals surface area contributed by atoms with Gasteiger partial charge in [0.15, 0.2) is 0 Å². The first kappa shape index (κ1) is 16.2. The fraction of sp³-hybridized carbons (Fsp3) is 0.467. The van der Waals surface area contributed by atoms with Crippen molar-refractivity contribution in [2.75, 3.05) is 18.4 Å². The third-order valence-corrected chi connectivity index (χ3v) is 3.13. The van der Waals surface area contributed by atoms with Crippen molar-refractivity contribution in [1.29, 1.82) is 0 Å². The third-order valence-electron chi connectivity index (χ3n) is 3.13. The van der Waals surface area contributed by atoms with Crippen molar-refractivity contribution in [2.24, 2.45) is 11.7 Å². The third kappa shape index (κ3) is 4.35. The SMILES string of the molecule is CCNC(=O)c1ccc(NC(=O)C(C)CCN)c(C)c1. The smallest absolute Gasteiger partial charge is 0.251 e. The quantitative estimate of drug-likeness (QED) is 0.739. The van der Waals surface area contributed by atoms with Crippen molar-refractivity contribution in [3.8, 4) is 0 Å². The molecule has 1 atom stereocenters. The zero-order chi connectivity index (χ0) is 15.1. The molecule has 0 fully saturated rings. The molecule has 0 aliphatic carbocycles. The van der Waals surface area contributed by atoms with Gasteiger partial charge in [0.25, 0.3) is 5.91 Å². The number of nitrogens with one attached hydrogen (secondary N) is 2. The average Bonchev–Trinajstić information content (AvgIpc) is 2.41. The monoisotopic (exact) mass is 277 g/mol. The van der Waals surface area contributed by atoms with Crippen molar-refractivity contribution in [2.45, 2.75) is 27.2 Å². The van der Waals surface area contributed by atoms with Gasteiger partial charge in [-0.2, -0.15) is 0 Å². The Balaban J connectivity index is 2.78. The first-order chi connectivity index (χ1) is 9.49. The van der Waals surface area contributed by atoms with E-state index >= 15 is 0 Å². The Hall–Kier alpha value is -1.88. The number of hydrogen-bond acceptors (Lipinski definition) is 3. The molecule has 5 heteroatoms. The minimum Gasteiger partial charge on any atom is -0.352 e. The summed E-state index contributed by atoms with van der Waals surface area (Å²) in [5, 5.41) is 5.61. The Morgan fingerprint density at radius 3 is 2.60 bits per heavy atom. The van der Waals surface area contributed by atoms with Gasteiger partial charge in [-0.15, -0.1) is 0 Å². The number of amides is 2. The van der Waals surface area contributed by atoms with Crippen LogP contribution in [-0.2, 0) is 4.79 Å². The van der Waals surface area contributed by atoms with Crippen molar-refractivity contribution in [3.63, 3.8) is 0 Å². The summed E-state index contributed by atoms with van der Waals surface area (Å²) in [6.07, 6.45) is 0.655. The Labute approximate surface area is 119 Å². The Morgan fingerprint density at radius 2 is 2.05 bits per heavy atom. The van der Waals surface area contributed by atoms with Gasteiger partial charge in [0.05, 0.1) is 0 Å². The molecule has 0 heterocycles. The number of aryl methyl sites for hydroxylation is 1. The van der Waals surface area contributed by atoms with Crippen LogP contribution in [0.5, 0.6) is 0 Å². The van der Waals surface area contributed by atoms with Crippen LogP contribution < -0.4 is 16.4 Å². The highest BCUT2D eigenvalue weighted by Gasteiger charge is 2.14. The van der Waals surface area contributed by atoms with Crippen LogP contribution in [0.3, 0.4) is 0 Å². The summed E-state index contributed by atoms with van der Waals surface area (Å²) < 4.78 is 0. The molecule has 0 spiro atoms. The fourth-order valence-corrected chi connectivity index (χ4v) is 1.84. The summed E-state index contributed by atoms with van der Waals surface area (Å²) in [4.78, 5) is 23.6. The molecule has 110 valence electrons. The molecule has 0 bridgehead atoms. The molecule has 5 nitrogen and oxygen atoms in total. The second-order valence-electron chi connectivity index (χ2n) is 4.86. The predicted molar refractivity (Wildman–Crippen MR) is 80.7 cm³/mol. The highest BCUT2D eigenvalue weighted by atomic mass is 16.2. The van der Waals surface area contributed by atoms with Gasteiger partial charge in [-0.25, -0.2) is 0 Å². The second kappa shape index (κ2) is 7.65. The fourth-order valence-electron chi connectivity index (χ4n) is 1.84. The zero-order valence-corrected chi connectivity index (χ0v) is 12.3. The Kier molecular flexibility index (Phi) is 6.18. The minimum absolute atomic E-state index is 0.0516. The number of anilines is 1. The van der Waals surface area contributed by atoms with E-state index < -0.39 is 0 Å². The van der Waals surface area contributed by atoms with Crippen LogP contribution >= 0.6 is 0 Å². The van der Waals surface area contributed by atoms with Gasteiger partial charge in [-0.1, -0.05) is 6.92 Å². The molecule has 2 amide bonds. The predicted octanol–water partition coefficient (Wildman–Crippen LogP) is 1.67. The Morgan fingerprint density at radius 1 is 1.35 bits per heavy atom. The maximum Gasteiger partial charge on any atom is 0.251 e. The highest BCUT2D eigenvalue weighted by molar-refractivity contribution is 5.97. The van der Waals surface area contributed by atoms with E-state index in [4.69, 9.17) is 5.73 Å². The summed E-state index contributed by atoms with van der Waals surface area (Å²) in [6, 6.07) is 5.24. The Bertz CT molecular complexity index is 486. The molecular weight excluding hydrogens is 254 g/mol. The van der Waals surface area contributed by atoms with Crippen LogP contribution in [0.25, 0.3) is 0 Å². The molecule has 1 rings (SSSR count). The van der Waals surface area contributed by atoms with Gasteiger partial charge >= 0.3 is 0 Å². The van der Waals surface area contributed by atoms with E-state index in [0.29, 0.717) is 25.1 Å². The number of carbonyl (C=O) groups is 2. The number of benzene rings is 1. The van der Waals surface area contributed by atoms with Crippen molar-refractivity contribution < 1.29 is 9.59 Å². The zero-order valence-electron chi connectivity index (χ0n) is 12.3. The molecule has 0 saturated heterocycles. The maximum absolute atomic E-state index is 11.9. The molecule has 0 radical (unpaired) electrons. The van der Waals surface area contributed by atoms with Gasteiger partial charge in [-0.3, -0.25) is 9.59 Å². The number of nitrogens with two attached hydrogens (primary N) is 1. The lowest BCUT2D eigenvalue weighted by Crippen LogP contribution is -2.24. The highest BCUT2D eigenvalue weighted by Crippen LogP contribution is 2.18. The molecule has 1 aromatic carbocycles. The van der Waals surface area contributed by atoms with E-state index in [0.717, 1.165) is 11.3 Å². The van der Waals surface area contributed by atoms with E-state index in [-0.39, 0.29) is 17.7 Å². The average molecular weight is 277 g/mol. The topological polar surface area (TPSA) is 84.2 Å². The standard InChI is InChI=1S/C15H23N3O2/c1-4-17-15(20)12-5-6-13(11(3)9-12)18-14(19)10(2)7-8-16/h5-6,9-10H,4,7-8,16H2,1-3H3,(H,17,20)(H,18,19). The van der Waals surface area contributed by atoms with E-state index in [1.165, 1.54) is 0 Å². The number of carbonyl (C=O) groups excluding carboxylic acids is 2. The first-order valence-corrected chi connectivity index (χ1v) is 6.89. The molecule has 20 heavy (non-hydrogen) atoms. The van der Waals surface area contributed by atoms with E-state index in [2.05, 4.69) is 10.6 Å². The van der Waals surface area contributed by atoms with Crippen LogP contribution in [0.2, 0.25) is 0 Å². The van der Waals surface area contributed by atoms with Gasteiger partial charge in [0.2, 0.25) is 5.91 Å². The lowest BCUT2D eigenvalue weighted by molar-refractivity contribution is -0.119. The molecule has 1 aromatic rings. The van der Waals surface area contributed by atoms with Crippen LogP contribution in [-0.4, -0.2) is 24.9 Å². The number of hydrogen-bond donors (Lipinski definition) is 3. The summed E-state index contributed by atoms with van der Waals surface area (Å²) in [5.41, 5.74) is 7.63. The molecule has 1 unspecified atom stereocenters. The molecule has 0 aromatic heterocycles. The first-order valence-electron chi connectivity index (χ1n) is 6.89. The van der Waals surface area contributed by atoms with Crippen LogP contribution in [0.1, 0.15) is 36.2 Å². The lowest BCUT2D eigenvalue weighted by atomic mass is 10.1. The molecule has 0 aliphatic rings. The molecule has 4 N–H and O–H groups in total. The number of rotatable bonds is 6. The van der Waals surface area contributed by atoms with Gasteiger partial charge in [-0.05, 0) is 50.6 Å². The largest absolute Gasteiger partial charge is 0.352 e. The van der Waals surface area contributed by atoms with Crippen LogP contribution in [0, 0.1) is 12.8 Å². The van der Waals surface area contributed by atoms with Crippen molar-refractivity contribution in [1.82, 2.24) is 5.32 Å². The van der Waals surface area contributed by atoms with E-state index in [9.17, 15) is 9.59 Å². The van der Waals surface area contributed by atoms with E-state index in [1.807, 2.05) is 20.8 Å². The second-order valence-corrected chi connectivity index (χ2v) is 4.86. The maximum atomic E-state index is 11.9. The molecule has 0 saturated carbocycles.